The Hall–Kier alpha value is -1.88. The number of carbonyl (C=O) groups excluding carboxylic acids is 1. The van der Waals surface area contributed by atoms with Crippen LogP contribution in [-0.2, 0) is 9.59 Å². The summed E-state index contributed by atoms with van der Waals surface area (Å²) in [4.78, 5) is 26.0. The number of rotatable bonds is 4. The molecule has 5 nitrogen and oxygen atoms in total. The van der Waals surface area contributed by atoms with E-state index in [0.717, 1.165) is 36.1 Å². The second kappa shape index (κ2) is 5.96. The first-order valence-electron chi connectivity index (χ1n) is 8.23. The molecule has 1 saturated carbocycles. The Kier molecular flexibility index (Phi) is 4.15. The van der Waals surface area contributed by atoms with Crippen molar-refractivity contribution >= 4 is 17.6 Å². The molecule has 3 rings (SSSR count). The lowest BCUT2D eigenvalue weighted by Gasteiger charge is -2.23. The van der Waals surface area contributed by atoms with Crippen molar-refractivity contribution in [3.63, 3.8) is 0 Å². The predicted molar refractivity (Wildman–Crippen MR) is 88.4 cm³/mol. The van der Waals surface area contributed by atoms with Gasteiger partial charge in [-0.15, -0.1) is 0 Å². The Morgan fingerprint density at radius 1 is 1.39 bits per heavy atom. The number of nitrogens with one attached hydrogen (secondary N) is 1. The Morgan fingerprint density at radius 2 is 2.17 bits per heavy atom. The first kappa shape index (κ1) is 16.0. The van der Waals surface area contributed by atoms with Crippen molar-refractivity contribution in [2.45, 2.75) is 33.1 Å². The molecule has 1 saturated heterocycles. The van der Waals surface area contributed by atoms with E-state index in [4.69, 9.17) is 0 Å². The summed E-state index contributed by atoms with van der Waals surface area (Å²) >= 11 is 0. The summed E-state index contributed by atoms with van der Waals surface area (Å²) in [6, 6.07) is 5.97. The number of nitrogens with zero attached hydrogens (tertiary/aromatic N) is 1. The molecular formula is C18H24N2O3. The van der Waals surface area contributed by atoms with Crippen molar-refractivity contribution in [2.75, 3.05) is 25.0 Å². The van der Waals surface area contributed by atoms with Crippen LogP contribution in [-0.4, -0.2) is 41.5 Å². The van der Waals surface area contributed by atoms with E-state index in [0.29, 0.717) is 13.1 Å². The van der Waals surface area contributed by atoms with Gasteiger partial charge in [-0.05, 0) is 49.8 Å². The minimum Gasteiger partial charge on any atom is -0.481 e. The number of carbonyl (C=O) groups is 2. The summed E-state index contributed by atoms with van der Waals surface area (Å²) in [6.07, 6.45) is 2.68. The molecule has 1 aliphatic carbocycles. The molecule has 1 aromatic carbocycles. The molecule has 23 heavy (non-hydrogen) atoms. The molecule has 124 valence electrons. The third-order valence-electron chi connectivity index (χ3n) is 5.40. The average molecular weight is 316 g/mol. The largest absolute Gasteiger partial charge is 0.481 e. The molecule has 0 unspecified atom stereocenters. The maximum absolute atomic E-state index is 12.3. The molecule has 1 amide bonds. The van der Waals surface area contributed by atoms with E-state index < -0.39 is 11.4 Å². The van der Waals surface area contributed by atoms with E-state index in [1.54, 1.807) is 0 Å². The smallest absolute Gasteiger partial charge is 0.311 e. The van der Waals surface area contributed by atoms with E-state index in [2.05, 4.69) is 5.32 Å². The van der Waals surface area contributed by atoms with E-state index in [9.17, 15) is 14.7 Å². The number of amides is 1. The highest BCUT2D eigenvalue weighted by molar-refractivity contribution is 5.93. The van der Waals surface area contributed by atoms with Crippen molar-refractivity contribution in [3.05, 3.63) is 29.3 Å². The van der Waals surface area contributed by atoms with Gasteiger partial charge in [-0.3, -0.25) is 14.5 Å². The van der Waals surface area contributed by atoms with Crippen LogP contribution in [0.2, 0.25) is 0 Å². The van der Waals surface area contributed by atoms with Crippen molar-refractivity contribution in [3.8, 4) is 0 Å². The van der Waals surface area contributed by atoms with Crippen LogP contribution >= 0.6 is 0 Å². The molecule has 0 bridgehead atoms. The first-order valence-corrected chi connectivity index (χ1v) is 8.23. The fraction of sp³-hybridized carbons (Fsp3) is 0.556. The zero-order chi connectivity index (χ0) is 16.6. The Bertz CT molecular complexity index is 643. The van der Waals surface area contributed by atoms with Crippen LogP contribution in [0, 0.1) is 25.2 Å². The minimum atomic E-state index is -0.697. The van der Waals surface area contributed by atoms with Gasteiger partial charge in [0, 0.05) is 18.8 Å². The van der Waals surface area contributed by atoms with Gasteiger partial charge in [-0.2, -0.15) is 0 Å². The third-order valence-corrected chi connectivity index (χ3v) is 5.40. The lowest BCUT2D eigenvalue weighted by molar-refractivity contribution is -0.149. The number of hydrogen-bond acceptors (Lipinski definition) is 3. The summed E-state index contributed by atoms with van der Waals surface area (Å²) in [5.41, 5.74) is 2.34. The average Bonchev–Trinajstić information content (AvgIpc) is 3.00. The van der Waals surface area contributed by atoms with Crippen LogP contribution in [0.15, 0.2) is 18.2 Å². The molecule has 0 aromatic heterocycles. The molecular weight excluding hydrogens is 292 g/mol. The molecule has 1 aromatic rings. The lowest BCUT2D eigenvalue weighted by atomic mass is 9.81. The van der Waals surface area contributed by atoms with Crippen LogP contribution in [0.25, 0.3) is 0 Å². The lowest BCUT2D eigenvalue weighted by Crippen LogP contribution is -2.37. The number of hydrogen-bond donors (Lipinski definition) is 2. The van der Waals surface area contributed by atoms with Crippen molar-refractivity contribution < 1.29 is 14.7 Å². The second-order valence-electron chi connectivity index (χ2n) is 7.09. The number of aryl methyl sites for hydroxylation is 2. The van der Waals surface area contributed by atoms with Crippen LogP contribution < -0.4 is 5.32 Å². The highest BCUT2D eigenvalue weighted by atomic mass is 16.4. The zero-order valence-corrected chi connectivity index (χ0v) is 13.8. The molecule has 2 aliphatic rings. The van der Waals surface area contributed by atoms with E-state index in [1.165, 1.54) is 0 Å². The van der Waals surface area contributed by atoms with Gasteiger partial charge in [0.1, 0.15) is 0 Å². The summed E-state index contributed by atoms with van der Waals surface area (Å²) in [5.74, 6) is -0.579. The predicted octanol–water partition coefficient (Wildman–Crippen LogP) is 2.43. The van der Waals surface area contributed by atoms with Gasteiger partial charge in [-0.1, -0.05) is 18.6 Å². The quantitative estimate of drug-likeness (QED) is 0.895. The van der Waals surface area contributed by atoms with Gasteiger partial charge in [0.15, 0.2) is 0 Å². The molecule has 2 N–H and O–H groups in total. The SMILES string of the molecule is Cc1ccc(C)c(NC(=O)CN2C[C@@H]3CCC[C@@]3(C(=O)O)C2)c1. The van der Waals surface area contributed by atoms with Crippen LogP contribution in [0.4, 0.5) is 5.69 Å². The summed E-state index contributed by atoms with van der Waals surface area (Å²) in [5, 5.41) is 12.6. The normalized spacial score (nSPS) is 27.0. The number of likely N-dealkylation sites (tertiary alicyclic amines) is 1. The number of anilines is 1. The van der Waals surface area contributed by atoms with Gasteiger partial charge < -0.3 is 10.4 Å². The maximum Gasteiger partial charge on any atom is 0.311 e. The van der Waals surface area contributed by atoms with Crippen molar-refractivity contribution in [1.29, 1.82) is 0 Å². The van der Waals surface area contributed by atoms with Crippen molar-refractivity contribution in [2.24, 2.45) is 11.3 Å². The monoisotopic (exact) mass is 316 g/mol. The number of carboxylic acid groups (broad SMARTS) is 1. The van der Waals surface area contributed by atoms with E-state index in [1.807, 2.05) is 36.9 Å². The molecule has 1 heterocycles. The highest BCUT2D eigenvalue weighted by Gasteiger charge is 2.54. The Labute approximate surface area is 136 Å². The highest BCUT2D eigenvalue weighted by Crippen LogP contribution is 2.48. The fourth-order valence-corrected chi connectivity index (χ4v) is 4.13. The summed E-state index contributed by atoms with van der Waals surface area (Å²) in [7, 11) is 0. The maximum atomic E-state index is 12.3. The minimum absolute atomic E-state index is 0.0702. The first-order chi connectivity index (χ1) is 10.9. The molecule has 5 heteroatoms. The Balaban J connectivity index is 1.63. The number of fused-ring (bicyclic) bond motifs is 1. The van der Waals surface area contributed by atoms with Gasteiger partial charge in [0.05, 0.1) is 12.0 Å². The number of benzene rings is 1. The van der Waals surface area contributed by atoms with Crippen LogP contribution in [0.5, 0.6) is 0 Å². The molecule has 2 fully saturated rings. The van der Waals surface area contributed by atoms with E-state index >= 15 is 0 Å². The number of aliphatic carboxylic acids is 1. The molecule has 2 atom stereocenters. The topological polar surface area (TPSA) is 69.6 Å². The third kappa shape index (κ3) is 2.98. The van der Waals surface area contributed by atoms with Gasteiger partial charge >= 0.3 is 5.97 Å². The van der Waals surface area contributed by atoms with Crippen molar-refractivity contribution in [1.82, 2.24) is 4.90 Å². The standard InChI is InChI=1S/C18H24N2O3/c1-12-5-6-13(2)15(8-12)19-16(21)10-20-9-14-4-3-7-18(14,11-20)17(22)23/h5-6,8,14H,3-4,7,9-11H2,1-2H3,(H,19,21)(H,22,23)/t14-,18+/m0/s1. The van der Waals surface area contributed by atoms with Gasteiger partial charge in [-0.25, -0.2) is 0 Å². The Morgan fingerprint density at radius 3 is 2.87 bits per heavy atom. The molecule has 0 radical (unpaired) electrons. The van der Waals surface area contributed by atoms with Crippen LogP contribution in [0.3, 0.4) is 0 Å². The fourth-order valence-electron chi connectivity index (χ4n) is 4.13. The van der Waals surface area contributed by atoms with Crippen LogP contribution in [0.1, 0.15) is 30.4 Å². The summed E-state index contributed by atoms with van der Waals surface area (Å²) in [6.45, 7) is 5.43. The molecule has 0 spiro atoms. The van der Waals surface area contributed by atoms with Gasteiger partial charge in [0.2, 0.25) is 5.91 Å². The zero-order valence-electron chi connectivity index (χ0n) is 13.8. The number of carboxylic acids is 1. The van der Waals surface area contributed by atoms with Gasteiger partial charge in [0.25, 0.3) is 0 Å². The summed E-state index contributed by atoms with van der Waals surface area (Å²) < 4.78 is 0. The van der Waals surface area contributed by atoms with E-state index in [-0.39, 0.29) is 18.4 Å². The molecule has 1 aliphatic heterocycles. The second-order valence-corrected chi connectivity index (χ2v) is 7.09.